The Kier molecular flexibility index (Phi) is 4.29. The van der Waals surface area contributed by atoms with Crippen molar-refractivity contribution in [2.24, 2.45) is 0 Å². The van der Waals surface area contributed by atoms with Gasteiger partial charge in [-0.15, -0.1) is 0 Å². The normalized spacial score (nSPS) is 11.5. The van der Waals surface area contributed by atoms with Crippen LogP contribution in [0.5, 0.6) is 0 Å². The third kappa shape index (κ3) is 4.61. The van der Waals surface area contributed by atoms with Gasteiger partial charge >= 0.3 is 6.18 Å². The highest BCUT2D eigenvalue weighted by molar-refractivity contribution is 6.29. The Bertz CT molecular complexity index is 361. The second-order valence-corrected chi connectivity index (χ2v) is 3.65. The predicted octanol–water partition coefficient (Wildman–Crippen LogP) is 3.65. The number of carbonyl (C=O) groups is 1. The van der Waals surface area contributed by atoms with E-state index in [1.54, 1.807) is 0 Å². The minimum atomic E-state index is -4.21. The lowest BCUT2D eigenvalue weighted by atomic mass is 10.1. The summed E-state index contributed by atoms with van der Waals surface area (Å²) in [5.41, 5.74) is 0.284. The average molecular weight is 252 g/mol. The van der Waals surface area contributed by atoms with Gasteiger partial charge in [0.05, 0.1) is 0 Å². The molecule has 1 heterocycles. The molecule has 1 aromatic rings. The molecule has 2 nitrogen and oxygen atoms in total. The Morgan fingerprint density at radius 2 is 2.06 bits per heavy atom. The Hall–Kier alpha value is -1.10. The molecule has 0 radical (unpaired) electrons. The number of Topliss-reactive ketones (excluding diaryl/α,β-unsaturated/α-hetero) is 1. The van der Waals surface area contributed by atoms with E-state index in [-0.39, 0.29) is 29.3 Å². The molecule has 0 unspecified atom stereocenters. The Labute approximate surface area is 95.4 Å². The first-order chi connectivity index (χ1) is 7.38. The summed E-state index contributed by atoms with van der Waals surface area (Å²) in [6.45, 7) is 0. The van der Waals surface area contributed by atoms with Crippen molar-refractivity contribution in [2.75, 3.05) is 0 Å². The Morgan fingerprint density at radius 1 is 1.38 bits per heavy atom. The van der Waals surface area contributed by atoms with E-state index in [1.807, 2.05) is 0 Å². The number of alkyl halides is 3. The van der Waals surface area contributed by atoms with Gasteiger partial charge in [0.15, 0.2) is 5.78 Å². The monoisotopic (exact) mass is 251 g/mol. The van der Waals surface area contributed by atoms with Gasteiger partial charge in [0.1, 0.15) is 5.15 Å². The molecule has 6 heteroatoms. The quantitative estimate of drug-likeness (QED) is 0.604. The molecular weight excluding hydrogens is 243 g/mol. The largest absolute Gasteiger partial charge is 0.389 e. The maximum Gasteiger partial charge on any atom is 0.389 e. The van der Waals surface area contributed by atoms with Crippen molar-refractivity contribution in [1.29, 1.82) is 0 Å². The number of aromatic nitrogens is 1. The molecule has 0 amide bonds. The van der Waals surface area contributed by atoms with Gasteiger partial charge in [-0.05, 0) is 18.6 Å². The smallest absolute Gasteiger partial charge is 0.294 e. The van der Waals surface area contributed by atoms with Crippen LogP contribution in [0.3, 0.4) is 0 Å². The highest BCUT2D eigenvalue weighted by atomic mass is 35.5. The number of hydrogen-bond acceptors (Lipinski definition) is 2. The number of hydrogen-bond donors (Lipinski definition) is 0. The molecule has 0 spiro atoms. The predicted molar refractivity (Wildman–Crippen MR) is 53.5 cm³/mol. The first-order valence-corrected chi connectivity index (χ1v) is 4.98. The standard InChI is InChI=1S/C10H9ClF3NO/c11-9-4-3-7(6-15-9)8(16)2-1-5-10(12,13)14/h3-4,6H,1-2,5H2. The fraction of sp³-hybridized carbons (Fsp3) is 0.400. The second-order valence-electron chi connectivity index (χ2n) is 3.26. The van der Waals surface area contributed by atoms with Crippen LogP contribution in [-0.4, -0.2) is 16.9 Å². The van der Waals surface area contributed by atoms with Gasteiger partial charge in [-0.1, -0.05) is 11.6 Å². The fourth-order valence-electron chi connectivity index (χ4n) is 1.13. The van der Waals surface area contributed by atoms with Gasteiger partial charge in [-0.25, -0.2) is 4.98 Å². The van der Waals surface area contributed by atoms with E-state index < -0.39 is 12.6 Å². The number of ketones is 1. The summed E-state index contributed by atoms with van der Waals surface area (Å²) in [6, 6.07) is 2.88. The summed E-state index contributed by atoms with van der Waals surface area (Å²) in [4.78, 5) is 15.1. The number of nitrogens with zero attached hydrogens (tertiary/aromatic N) is 1. The summed E-state index contributed by atoms with van der Waals surface area (Å²) in [7, 11) is 0. The van der Waals surface area contributed by atoms with Crippen LogP contribution in [-0.2, 0) is 0 Å². The minimum Gasteiger partial charge on any atom is -0.294 e. The van der Waals surface area contributed by atoms with Crippen LogP contribution >= 0.6 is 11.6 Å². The third-order valence-corrected chi connectivity index (χ3v) is 2.14. The van der Waals surface area contributed by atoms with E-state index in [0.29, 0.717) is 0 Å². The summed E-state index contributed by atoms with van der Waals surface area (Å²) in [5, 5.41) is 0.242. The van der Waals surface area contributed by atoms with Crippen LogP contribution in [0.1, 0.15) is 29.6 Å². The number of pyridine rings is 1. The van der Waals surface area contributed by atoms with Crippen LogP contribution in [0, 0.1) is 0 Å². The molecule has 0 aromatic carbocycles. The van der Waals surface area contributed by atoms with Crippen molar-refractivity contribution >= 4 is 17.4 Å². The molecule has 0 N–H and O–H groups in total. The first kappa shape index (κ1) is 13.0. The highest BCUT2D eigenvalue weighted by Gasteiger charge is 2.26. The summed E-state index contributed by atoms with van der Waals surface area (Å²) < 4.78 is 35.5. The van der Waals surface area contributed by atoms with E-state index in [9.17, 15) is 18.0 Å². The van der Waals surface area contributed by atoms with Crippen LogP contribution in [0.2, 0.25) is 5.15 Å². The minimum absolute atomic E-state index is 0.136. The van der Waals surface area contributed by atoms with E-state index in [1.165, 1.54) is 18.3 Å². The number of carbonyl (C=O) groups excluding carboxylic acids is 1. The van der Waals surface area contributed by atoms with Crippen LogP contribution in [0.15, 0.2) is 18.3 Å². The second kappa shape index (κ2) is 5.30. The zero-order chi connectivity index (χ0) is 12.2. The molecule has 0 fully saturated rings. The number of halogens is 4. The van der Waals surface area contributed by atoms with Crippen molar-refractivity contribution < 1.29 is 18.0 Å². The van der Waals surface area contributed by atoms with E-state index >= 15 is 0 Å². The fourth-order valence-corrected chi connectivity index (χ4v) is 1.25. The maximum atomic E-state index is 11.8. The van der Waals surface area contributed by atoms with Gasteiger partial charge in [0.2, 0.25) is 0 Å². The van der Waals surface area contributed by atoms with Gasteiger partial charge in [-0.3, -0.25) is 4.79 Å². The lowest BCUT2D eigenvalue weighted by molar-refractivity contribution is -0.135. The molecule has 1 aromatic heterocycles. The van der Waals surface area contributed by atoms with E-state index in [0.717, 1.165) is 0 Å². The van der Waals surface area contributed by atoms with Crippen molar-refractivity contribution in [3.63, 3.8) is 0 Å². The van der Waals surface area contributed by atoms with Gasteiger partial charge < -0.3 is 0 Å². The molecule has 0 bridgehead atoms. The lowest BCUT2D eigenvalue weighted by Crippen LogP contribution is -2.08. The SMILES string of the molecule is O=C(CCCC(F)(F)F)c1ccc(Cl)nc1. The van der Waals surface area contributed by atoms with Gasteiger partial charge in [0, 0.05) is 24.6 Å². The molecule has 16 heavy (non-hydrogen) atoms. The Balaban J connectivity index is 2.44. The van der Waals surface area contributed by atoms with Crippen molar-refractivity contribution in [3.05, 3.63) is 29.0 Å². The van der Waals surface area contributed by atoms with Crippen molar-refractivity contribution in [2.45, 2.75) is 25.4 Å². The molecule has 0 atom stereocenters. The van der Waals surface area contributed by atoms with Gasteiger partial charge in [0.25, 0.3) is 0 Å². The molecule has 0 aliphatic heterocycles. The number of rotatable bonds is 4. The lowest BCUT2D eigenvalue weighted by Gasteiger charge is -2.05. The average Bonchev–Trinajstić information content (AvgIpc) is 2.16. The van der Waals surface area contributed by atoms with Crippen LogP contribution in [0.4, 0.5) is 13.2 Å². The van der Waals surface area contributed by atoms with E-state index in [2.05, 4.69) is 4.98 Å². The summed E-state index contributed by atoms with van der Waals surface area (Å²) in [6.07, 6.45) is -4.23. The Morgan fingerprint density at radius 3 is 2.56 bits per heavy atom. The summed E-state index contributed by atoms with van der Waals surface area (Å²) in [5.74, 6) is -0.353. The van der Waals surface area contributed by atoms with E-state index in [4.69, 9.17) is 11.6 Å². The van der Waals surface area contributed by atoms with Gasteiger partial charge in [-0.2, -0.15) is 13.2 Å². The van der Waals surface area contributed by atoms with Crippen molar-refractivity contribution in [3.8, 4) is 0 Å². The first-order valence-electron chi connectivity index (χ1n) is 4.60. The van der Waals surface area contributed by atoms with Crippen molar-refractivity contribution in [1.82, 2.24) is 4.98 Å². The molecule has 88 valence electrons. The zero-order valence-electron chi connectivity index (χ0n) is 8.22. The molecule has 0 saturated carbocycles. The molecule has 0 aliphatic rings. The van der Waals surface area contributed by atoms with Crippen LogP contribution < -0.4 is 0 Å². The molecule has 1 rings (SSSR count). The zero-order valence-corrected chi connectivity index (χ0v) is 8.98. The maximum absolute atomic E-state index is 11.8. The molecular formula is C10H9ClF3NO. The summed E-state index contributed by atoms with van der Waals surface area (Å²) >= 11 is 5.51. The third-order valence-electron chi connectivity index (χ3n) is 1.91. The highest BCUT2D eigenvalue weighted by Crippen LogP contribution is 2.22. The molecule has 0 aliphatic carbocycles. The molecule has 0 saturated heterocycles. The topological polar surface area (TPSA) is 30.0 Å². The van der Waals surface area contributed by atoms with Crippen LogP contribution in [0.25, 0.3) is 0 Å².